The van der Waals surface area contributed by atoms with Gasteiger partial charge in [0.25, 0.3) is 0 Å². The van der Waals surface area contributed by atoms with Gasteiger partial charge in [-0.05, 0) is 119 Å². The van der Waals surface area contributed by atoms with Gasteiger partial charge in [0, 0.05) is 70.0 Å². The minimum absolute atomic E-state index is 0.897. The predicted octanol–water partition coefficient (Wildman–Crippen LogP) is 17.5. The highest BCUT2D eigenvalue weighted by Crippen LogP contribution is 2.43. The van der Waals surface area contributed by atoms with Crippen LogP contribution in [-0.4, -0.2) is 4.57 Å². The first-order valence-electron chi connectivity index (χ1n) is 21.7. The number of rotatable bonds is 7. The van der Waals surface area contributed by atoms with Crippen LogP contribution in [0.4, 0.5) is 17.1 Å². The summed E-state index contributed by atoms with van der Waals surface area (Å²) in [7, 11) is 0. The van der Waals surface area contributed by atoms with Gasteiger partial charge < -0.3 is 13.9 Å². The van der Waals surface area contributed by atoms with Crippen LogP contribution in [0.1, 0.15) is 0 Å². The van der Waals surface area contributed by atoms with E-state index in [2.05, 4.69) is 228 Å². The third-order valence-electron chi connectivity index (χ3n) is 12.8. The lowest BCUT2D eigenvalue weighted by Crippen LogP contribution is -2.10. The van der Waals surface area contributed by atoms with Crippen molar-refractivity contribution >= 4 is 92.3 Å². The second-order valence-electron chi connectivity index (χ2n) is 16.5. The minimum atomic E-state index is 0.897. The quantitative estimate of drug-likeness (QED) is 0.159. The first-order valence-corrected chi connectivity index (χ1v) is 22.6. The standard InChI is InChI=1S/C60H38N2OS/c1-2-15-44(16-3-1)62-55-24-7-4-19-49(55)53-37-42(29-33-56(53)62)40-13-10-17-46(35-40)61(45-31-27-39(28-32-45)41-30-34-59-54(38-41)51-21-6-9-26-58(51)64-59)47-18-11-14-43(36-47)48-22-12-23-52-50-20-5-8-25-57(50)63-60(48)52/h1-38H. The lowest BCUT2D eigenvalue weighted by molar-refractivity contribution is 0.670. The summed E-state index contributed by atoms with van der Waals surface area (Å²) in [5.41, 5.74) is 15.4. The molecule has 13 rings (SSSR count). The molecule has 0 aliphatic heterocycles. The van der Waals surface area contributed by atoms with Crippen molar-refractivity contribution in [3.05, 3.63) is 231 Å². The number of anilines is 3. The average Bonchev–Trinajstić information content (AvgIpc) is 4.04. The molecule has 3 heterocycles. The highest BCUT2D eigenvalue weighted by Gasteiger charge is 2.19. The first kappa shape index (κ1) is 36.5. The van der Waals surface area contributed by atoms with Crippen LogP contribution >= 0.6 is 11.3 Å². The molecule has 0 aliphatic rings. The van der Waals surface area contributed by atoms with E-state index in [4.69, 9.17) is 4.42 Å². The molecule has 0 radical (unpaired) electrons. The fourth-order valence-corrected chi connectivity index (χ4v) is 10.9. The van der Waals surface area contributed by atoms with Gasteiger partial charge in [-0.15, -0.1) is 11.3 Å². The highest BCUT2D eigenvalue weighted by atomic mass is 32.1. The fraction of sp³-hybridized carbons (Fsp3) is 0. The lowest BCUT2D eigenvalue weighted by Gasteiger charge is -2.27. The Morgan fingerprint density at radius 1 is 0.344 bits per heavy atom. The molecule has 0 aliphatic carbocycles. The molecule has 13 aromatic rings. The molecule has 0 N–H and O–H groups in total. The van der Waals surface area contributed by atoms with Crippen molar-refractivity contribution in [2.24, 2.45) is 0 Å². The second-order valence-corrected chi connectivity index (χ2v) is 17.6. The normalized spacial score (nSPS) is 11.8. The van der Waals surface area contributed by atoms with Crippen molar-refractivity contribution in [2.75, 3.05) is 4.90 Å². The molecular weight excluding hydrogens is 797 g/mol. The molecule has 0 amide bonds. The number of nitrogens with zero attached hydrogens (tertiary/aromatic N) is 2. The molecule has 300 valence electrons. The highest BCUT2D eigenvalue weighted by molar-refractivity contribution is 7.25. The zero-order chi connectivity index (χ0) is 42.1. The van der Waals surface area contributed by atoms with E-state index < -0.39 is 0 Å². The van der Waals surface area contributed by atoms with Crippen LogP contribution in [-0.2, 0) is 0 Å². The summed E-state index contributed by atoms with van der Waals surface area (Å²) < 4.78 is 11.5. The molecule has 4 heteroatoms. The maximum absolute atomic E-state index is 6.54. The Morgan fingerprint density at radius 3 is 1.80 bits per heavy atom. The van der Waals surface area contributed by atoms with Gasteiger partial charge >= 0.3 is 0 Å². The number of furan rings is 1. The van der Waals surface area contributed by atoms with E-state index in [0.717, 1.165) is 61.4 Å². The molecule has 64 heavy (non-hydrogen) atoms. The summed E-state index contributed by atoms with van der Waals surface area (Å²) in [5, 5.41) is 7.34. The Morgan fingerprint density at radius 2 is 0.938 bits per heavy atom. The summed E-state index contributed by atoms with van der Waals surface area (Å²) in [6.45, 7) is 0. The third kappa shape index (κ3) is 5.95. The van der Waals surface area contributed by atoms with Gasteiger partial charge in [-0.3, -0.25) is 0 Å². The van der Waals surface area contributed by atoms with Crippen molar-refractivity contribution in [3.63, 3.8) is 0 Å². The molecule has 0 fully saturated rings. The molecule has 0 atom stereocenters. The van der Waals surface area contributed by atoms with E-state index in [9.17, 15) is 0 Å². The molecular formula is C60H38N2OS. The number of aromatic nitrogens is 1. The van der Waals surface area contributed by atoms with Crippen LogP contribution in [0.3, 0.4) is 0 Å². The molecule has 3 nitrogen and oxygen atoms in total. The fourth-order valence-electron chi connectivity index (χ4n) is 9.78. The smallest absolute Gasteiger partial charge is 0.143 e. The van der Waals surface area contributed by atoms with Crippen LogP contribution in [0.25, 0.3) is 103 Å². The number of thiophene rings is 1. The molecule has 3 aromatic heterocycles. The monoisotopic (exact) mass is 834 g/mol. The molecule has 0 saturated heterocycles. The van der Waals surface area contributed by atoms with Crippen molar-refractivity contribution in [3.8, 4) is 39.1 Å². The van der Waals surface area contributed by atoms with Crippen LogP contribution in [0.15, 0.2) is 235 Å². The molecule has 0 spiro atoms. The van der Waals surface area contributed by atoms with Crippen molar-refractivity contribution in [1.29, 1.82) is 0 Å². The van der Waals surface area contributed by atoms with Gasteiger partial charge in [0.05, 0.1) is 11.0 Å². The number of hydrogen-bond acceptors (Lipinski definition) is 3. The van der Waals surface area contributed by atoms with Crippen LogP contribution < -0.4 is 4.90 Å². The first-order chi connectivity index (χ1) is 31.7. The number of para-hydroxylation sites is 4. The Kier molecular flexibility index (Phi) is 8.40. The number of hydrogen-bond donors (Lipinski definition) is 0. The zero-order valence-corrected chi connectivity index (χ0v) is 35.5. The third-order valence-corrected chi connectivity index (χ3v) is 13.9. The Hall–Kier alpha value is -8.18. The summed E-state index contributed by atoms with van der Waals surface area (Å²) in [5.74, 6) is 0. The maximum Gasteiger partial charge on any atom is 0.143 e. The lowest BCUT2D eigenvalue weighted by atomic mass is 9.99. The number of fused-ring (bicyclic) bond motifs is 9. The van der Waals surface area contributed by atoms with Crippen LogP contribution in [0.2, 0.25) is 0 Å². The van der Waals surface area contributed by atoms with Gasteiger partial charge in [0.1, 0.15) is 11.2 Å². The van der Waals surface area contributed by atoms with Crippen LogP contribution in [0, 0.1) is 0 Å². The van der Waals surface area contributed by atoms with Crippen LogP contribution in [0.5, 0.6) is 0 Å². The van der Waals surface area contributed by atoms with E-state index >= 15 is 0 Å². The molecule has 10 aromatic carbocycles. The van der Waals surface area contributed by atoms with E-state index in [-0.39, 0.29) is 0 Å². The summed E-state index contributed by atoms with van der Waals surface area (Å²) in [4.78, 5) is 2.38. The molecule has 0 saturated carbocycles. The summed E-state index contributed by atoms with van der Waals surface area (Å²) >= 11 is 1.85. The van der Waals surface area contributed by atoms with Crippen molar-refractivity contribution < 1.29 is 4.42 Å². The van der Waals surface area contributed by atoms with Gasteiger partial charge in [0.15, 0.2) is 0 Å². The Bertz CT molecular complexity index is 3910. The van der Waals surface area contributed by atoms with Crippen molar-refractivity contribution in [2.45, 2.75) is 0 Å². The van der Waals surface area contributed by atoms with Gasteiger partial charge in [0.2, 0.25) is 0 Å². The maximum atomic E-state index is 6.54. The average molecular weight is 835 g/mol. The van der Waals surface area contributed by atoms with Gasteiger partial charge in [-0.1, -0.05) is 140 Å². The molecule has 0 bridgehead atoms. The van der Waals surface area contributed by atoms with Crippen molar-refractivity contribution in [1.82, 2.24) is 4.57 Å². The minimum Gasteiger partial charge on any atom is -0.455 e. The zero-order valence-electron chi connectivity index (χ0n) is 34.7. The van der Waals surface area contributed by atoms with E-state index in [1.54, 1.807) is 0 Å². The second kappa shape index (κ2) is 14.7. The van der Waals surface area contributed by atoms with E-state index in [0.29, 0.717) is 0 Å². The predicted molar refractivity (Wildman–Crippen MR) is 272 cm³/mol. The number of benzene rings is 10. The van der Waals surface area contributed by atoms with Gasteiger partial charge in [-0.25, -0.2) is 0 Å². The summed E-state index contributed by atoms with van der Waals surface area (Å²) in [6, 6.07) is 83.5. The van der Waals surface area contributed by atoms with E-state index in [1.165, 1.54) is 58.7 Å². The SMILES string of the molecule is c1ccc(-n2c3ccccc3c3cc(-c4cccc(N(c5ccc(-c6ccc7sc8ccccc8c7c6)cc5)c5cccc(-c6cccc7c6oc6ccccc67)c5)c4)ccc32)cc1. The van der Waals surface area contributed by atoms with Gasteiger partial charge in [-0.2, -0.15) is 0 Å². The topological polar surface area (TPSA) is 21.3 Å². The molecule has 0 unspecified atom stereocenters. The Balaban J connectivity index is 0.946. The summed E-state index contributed by atoms with van der Waals surface area (Å²) in [6.07, 6.45) is 0. The van der Waals surface area contributed by atoms with E-state index in [1.807, 2.05) is 23.5 Å². The Labute approximate surface area is 373 Å². The largest absolute Gasteiger partial charge is 0.455 e.